The SMILES string of the molecule is COc1cccc(N2C(=O)c3ccc([N+](=O)[O-])cc3C2=O)c1. The number of rotatable bonds is 3. The van der Waals surface area contributed by atoms with Crippen molar-refractivity contribution in [2.75, 3.05) is 12.0 Å². The molecule has 0 fully saturated rings. The van der Waals surface area contributed by atoms with Crippen LogP contribution in [0.25, 0.3) is 0 Å². The molecular formula is C15H10N2O5. The van der Waals surface area contributed by atoms with Crippen molar-refractivity contribution < 1.29 is 19.2 Å². The van der Waals surface area contributed by atoms with E-state index in [4.69, 9.17) is 4.74 Å². The molecule has 2 aromatic carbocycles. The molecule has 0 aromatic heterocycles. The van der Waals surface area contributed by atoms with Gasteiger partial charge in [-0.1, -0.05) is 6.07 Å². The number of fused-ring (bicyclic) bond motifs is 1. The molecule has 7 nitrogen and oxygen atoms in total. The highest BCUT2D eigenvalue weighted by Crippen LogP contribution is 2.32. The normalized spacial score (nSPS) is 13.2. The van der Waals surface area contributed by atoms with Gasteiger partial charge in [0.2, 0.25) is 0 Å². The highest BCUT2D eigenvalue weighted by atomic mass is 16.6. The summed E-state index contributed by atoms with van der Waals surface area (Å²) in [6.07, 6.45) is 0. The lowest BCUT2D eigenvalue weighted by Gasteiger charge is -2.14. The Balaban J connectivity index is 2.08. The summed E-state index contributed by atoms with van der Waals surface area (Å²) in [6, 6.07) is 10.1. The summed E-state index contributed by atoms with van der Waals surface area (Å²) in [4.78, 5) is 36.0. The average Bonchev–Trinajstić information content (AvgIpc) is 2.78. The van der Waals surface area contributed by atoms with Gasteiger partial charge in [0.05, 0.1) is 28.8 Å². The number of nitro groups is 1. The molecule has 0 saturated carbocycles. The van der Waals surface area contributed by atoms with Crippen LogP contribution in [-0.2, 0) is 0 Å². The van der Waals surface area contributed by atoms with Crippen LogP contribution in [0.3, 0.4) is 0 Å². The minimum absolute atomic E-state index is 0.0296. The Kier molecular flexibility index (Phi) is 3.10. The number of carbonyl (C=O) groups is 2. The smallest absolute Gasteiger partial charge is 0.270 e. The van der Waals surface area contributed by atoms with Crippen molar-refractivity contribution in [2.45, 2.75) is 0 Å². The minimum atomic E-state index is -0.605. The van der Waals surface area contributed by atoms with Gasteiger partial charge in [0, 0.05) is 18.2 Å². The topological polar surface area (TPSA) is 89.8 Å². The molecule has 0 atom stereocenters. The van der Waals surface area contributed by atoms with Crippen molar-refractivity contribution in [2.24, 2.45) is 0 Å². The Morgan fingerprint density at radius 3 is 2.45 bits per heavy atom. The van der Waals surface area contributed by atoms with Crippen molar-refractivity contribution in [1.29, 1.82) is 0 Å². The van der Waals surface area contributed by atoms with Gasteiger partial charge in [-0.25, -0.2) is 4.90 Å². The van der Waals surface area contributed by atoms with Crippen molar-refractivity contribution in [3.8, 4) is 5.75 Å². The van der Waals surface area contributed by atoms with Gasteiger partial charge in [0.1, 0.15) is 5.75 Å². The molecule has 22 heavy (non-hydrogen) atoms. The molecule has 0 saturated heterocycles. The van der Waals surface area contributed by atoms with E-state index in [1.807, 2.05) is 0 Å². The summed E-state index contributed by atoms with van der Waals surface area (Å²) < 4.78 is 5.07. The average molecular weight is 298 g/mol. The summed E-state index contributed by atoms with van der Waals surface area (Å²) >= 11 is 0. The first-order valence-corrected chi connectivity index (χ1v) is 6.34. The molecule has 0 bridgehead atoms. The van der Waals surface area contributed by atoms with E-state index in [0.29, 0.717) is 11.4 Å². The van der Waals surface area contributed by atoms with Gasteiger partial charge >= 0.3 is 0 Å². The van der Waals surface area contributed by atoms with E-state index in [1.165, 1.54) is 19.2 Å². The standard InChI is InChI=1S/C15H10N2O5/c1-22-11-4-2-3-9(7-11)16-14(18)12-6-5-10(17(20)21)8-13(12)15(16)19/h2-8H,1H3. The maximum Gasteiger partial charge on any atom is 0.270 e. The second kappa shape index (κ2) is 4.96. The first-order valence-electron chi connectivity index (χ1n) is 6.34. The van der Waals surface area contributed by atoms with E-state index < -0.39 is 16.7 Å². The third kappa shape index (κ3) is 1.99. The molecule has 0 aliphatic carbocycles. The summed E-state index contributed by atoms with van der Waals surface area (Å²) in [5, 5.41) is 10.8. The Hall–Kier alpha value is -3.22. The molecule has 0 N–H and O–H groups in total. The molecular weight excluding hydrogens is 288 g/mol. The second-order valence-corrected chi connectivity index (χ2v) is 4.63. The van der Waals surface area contributed by atoms with Crippen LogP contribution in [0.1, 0.15) is 20.7 Å². The third-order valence-corrected chi connectivity index (χ3v) is 3.39. The number of imide groups is 1. The van der Waals surface area contributed by atoms with E-state index in [1.54, 1.807) is 24.3 Å². The van der Waals surface area contributed by atoms with E-state index in [2.05, 4.69) is 0 Å². The number of hydrogen-bond donors (Lipinski definition) is 0. The van der Waals surface area contributed by atoms with Gasteiger partial charge < -0.3 is 4.74 Å². The molecule has 3 rings (SSSR count). The lowest BCUT2D eigenvalue weighted by molar-refractivity contribution is -0.384. The van der Waals surface area contributed by atoms with E-state index in [9.17, 15) is 19.7 Å². The summed E-state index contributed by atoms with van der Waals surface area (Å²) in [6.45, 7) is 0. The molecule has 0 radical (unpaired) electrons. The van der Waals surface area contributed by atoms with E-state index in [-0.39, 0.29) is 16.8 Å². The number of ether oxygens (including phenoxy) is 1. The number of anilines is 1. The van der Waals surface area contributed by atoms with Crippen molar-refractivity contribution in [1.82, 2.24) is 0 Å². The molecule has 0 spiro atoms. The number of nitro benzene ring substituents is 1. The van der Waals surface area contributed by atoms with Gasteiger partial charge in [-0.05, 0) is 18.2 Å². The lowest BCUT2D eigenvalue weighted by Crippen LogP contribution is -2.29. The lowest BCUT2D eigenvalue weighted by atomic mass is 10.1. The summed E-state index contributed by atoms with van der Waals surface area (Å²) in [7, 11) is 1.48. The highest BCUT2D eigenvalue weighted by molar-refractivity contribution is 6.34. The van der Waals surface area contributed by atoms with Gasteiger partial charge in [0.25, 0.3) is 17.5 Å². The van der Waals surface area contributed by atoms with Crippen LogP contribution < -0.4 is 9.64 Å². The van der Waals surface area contributed by atoms with Crippen LogP contribution in [0.2, 0.25) is 0 Å². The zero-order valence-electron chi connectivity index (χ0n) is 11.5. The van der Waals surface area contributed by atoms with Crippen LogP contribution in [0, 0.1) is 10.1 Å². The van der Waals surface area contributed by atoms with Crippen molar-refractivity contribution >= 4 is 23.2 Å². The fourth-order valence-corrected chi connectivity index (χ4v) is 2.33. The maximum absolute atomic E-state index is 12.4. The molecule has 0 unspecified atom stereocenters. The number of benzene rings is 2. The van der Waals surface area contributed by atoms with Crippen LogP contribution >= 0.6 is 0 Å². The Morgan fingerprint density at radius 2 is 1.77 bits per heavy atom. The van der Waals surface area contributed by atoms with E-state index >= 15 is 0 Å². The van der Waals surface area contributed by atoms with Crippen molar-refractivity contribution in [3.63, 3.8) is 0 Å². The maximum atomic E-state index is 12.4. The first kappa shape index (κ1) is 13.7. The Labute approximate surface area is 124 Å². The second-order valence-electron chi connectivity index (χ2n) is 4.63. The molecule has 7 heteroatoms. The molecule has 1 heterocycles. The van der Waals surface area contributed by atoms with E-state index in [0.717, 1.165) is 11.0 Å². The quantitative estimate of drug-likeness (QED) is 0.493. The Morgan fingerprint density at radius 1 is 1.05 bits per heavy atom. The van der Waals surface area contributed by atoms with Gasteiger partial charge in [-0.2, -0.15) is 0 Å². The minimum Gasteiger partial charge on any atom is -0.497 e. The predicted molar refractivity (Wildman–Crippen MR) is 77.2 cm³/mol. The zero-order valence-corrected chi connectivity index (χ0v) is 11.5. The fraction of sp³-hybridized carbons (Fsp3) is 0.0667. The monoisotopic (exact) mass is 298 g/mol. The zero-order chi connectivity index (χ0) is 15.9. The van der Waals surface area contributed by atoms with Gasteiger partial charge in [-0.15, -0.1) is 0 Å². The number of hydrogen-bond acceptors (Lipinski definition) is 5. The van der Waals surface area contributed by atoms with Crippen LogP contribution in [0.5, 0.6) is 5.75 Å². The first-order chi connectivity index (χ1) is 10.5. The van der Waals surface area contributed by atoms with Gasteiger partial charge in [-0.3, -0.25) is 19.7 Å². The summed E-state index contributed by atoms with van der Waals surface area (Å²) in [5.74, 6) is -0.597. The number of methoxy groups -OCH3 is 1. The highest BCUT2D eigenvalue weighted by Gasteiger charge is 2.37. The van der Waals surface area contributed by atoms with Gasteiger partial charge in [0.15, 0.2) is 0 Å². The van der Waals surface area contributed by atoms with Crippen LogP contribution in [-0.4, -0.2) is 23.8 Å². The fourth-order valence-electron chi connectivity index (χ4n) is 2.33. The van der Waals surface area contributed by atoms with Crippen LogP contribution in [0.4, 0.5) is 11.4 Å². The Bertz CT molecular complexity index is 815. The van der Waals surface area contributed by atoms with Crippen molar-refractivity contribution in [3.05, 3.63) is 63.7 Å². The molecule has 110 valence electrons. The molecule has 1 aliphatic rings. The number of nitrogens with zero attached hydrogens (tertiary/aromatic N) is 2. The number of amides is 2. The van der Waals surface area contributed by atoms with Crippen LogP contribution in [0.15, 0.2) is 42.5 Å². The molecule has 1 aliphatic heterocycles. The number of non-ortho nitro benzene ring substituents is 1. The largest absolute Gasteiger partial charge is 0.497 e. The summed E-state index contributed by atoms with van der Waals surface area (Å²) in [5.41, 5.74) is 0.307. The third-order valence-electron chi connectivity index (χ3n) is 3.39. The number of carbonyl (C=O) groups excluding carboxylic acids is 2. The molecule has 2 amide bonds. The molecule has 2 aromatic rings. The predicted octanol–water partition coefficient (Wildman–Crippen LogP) is 2.40.